The Bertz CT molecular complexity index is 428. The summed E-state index contributed by atoms with van der Waals surface area (Å²) in [5.41, 5.74) is 1.25. The summed E-state index contributed by atoms with van der Waals surface area (Å²) in [5, 5.41) is 3.38. The van der Waals surface area contributed by atoms with Crippen molar-refractivity contribution >= 4 is 6.21 Å². The fourth-order valence-electron chi connectivity index (χ4n) is 2.54. The van der Waals surface area contributed by atoms with Gasteiger partial charge in [-0.05, 0) is 30.4 Å². The van der Waals surface area contributed by atoms with Crippen molar-refractivity contribution in [3.05, 3.63) is 35.1 Å². The van der Waals surface area contributed by atoms with Crippen molar-refractivity contribution in [1.82, 2.24) is 0 Å². The van der Waals surface area contributed by atoms with Crippen LogP contribution < -0.4 is 5.84 Å². The number of nitrogens with zero attached hydrogens (tertiary/aromatic N) is 1. The third kappa shape index (κ3) is 4.31. The zero-order chi connectivity index (χ0) is 13.5. The summed E-state index contributed by atoms with van der Waals surface area (Å²) < 4.78 is 19.4. The highest BCUT2D eigenvalue weighted by atomic mass is 19.1. The standard InChI is InChI=1S/C15H21FN2O/c16-15-8-13(9-18-17)6-7-14(15)11-19-10-12-4-2-1-3-5-12/h6-9,12H,1-5,10-11,17H2. The molecule has 1 aromatic carbocycles. The lowest BCUT2D eigenvalue weighted by molar-refractivity contribution is 0.0723. The molecule has 4 heteroatoms. The monoisotopic (exact) mass is 264 g/mol. The first kappa shape index (κ1) is 14.0. The van der Waals surface area contributed by atoms with Crippen LogP contribution in [0.3, 0.4) is 0 Å². The Labute approximate surface area is 113 Å². The van der Waals surface area contributed by atoms with Gasteiger partial charge >= 0.3 is 0 Å². The SMILES string of the molecule is NN=Cc1ccc(COCC2CCCCC2)c(F)c1. The molecule has 1 aliphatic carbocycles. The molecule has 0 bridgehead atoms. The maximum atomic E-state index is 13.8. The summed E-state index contributed by atoms with van der Waals surface area (Å²) in [5.74, 6) is 5.42. The summed E-state index contributed by atoms with van der Waals surface area (Å²) in [6.45, 7) is 1.08. The molecule has 1 fully saturated rings. The van der Waals surface area contributed by atoms with Crippen molar-refractivity contribution in [2.75, 3.05) is 6.61 Å². The van der Waals surface area contributed by atoms with Crippen molar-refractivity contribution in [3.63, 3.8) is 0 Å². The Morgan fingerprint density at radius 3 is 2.79 bits per heavy atom. The average Bonchev–Trinajstić information content (AvgIpc) is 2.43. The van der Waals surface area contributed by atoms with Crippen molar-refractivity contribution in [1.29, 1.82) is 0 Å². The molecule has 0 radical (unpaired) electrons. The quantitative estimate of drug-likeness (QED) is 0.504. The Balaban J connectivity index is 1.82. The van der Waals surface area contributed by atoms with E-state index in [1.807, 2.05) is 0 Å². The lowest BCUT2D eigenvalue weighted by atomic mass is 9.90. The smallest absolute Gasteiger partial charge is 0.129 e. The molecule has 0 amide bonds. The molecule has 0 heterocycles. The van der Waals surface area contributed by atoms with Crippen LogP contribution in [0.1, 0.15) is 43.2 Å². The van der Waals surface area contributed by atoms with Crippen molar-refractivity contribution in [3.8, 4) is 0 Å². The molecule has 19 heavy (non-hydrogen) atoms. The second-order valence-corrected chi connectivity index (χ2v) is 5.15. The summed E-state index contributed by atoms with van der Waals surface area (Å²) in [6, 6.07) is 4.95. The zero-order valence-electron chi connectivity index (χ0n) is 11.1. The van der Waals surface area contributed by atoms with E-state index < -0.39 is 0 Å². The number of hydrogen-bond acceptors (Lipinski definition) is 3. The highest BCUT2D eigenvalue weighted by molar-refractivity contribution is 5.79. The molecule has 0 saturated heterocycles. The number of hydrogen-bond donors (Lipinski definition) is 1. The maximum absolute atomic E-state index is 13.8. The molecule has 0 unspecified atom stereocenters. The van der Waals surface area contributed by atoms with E-state index in [1.54, 1.807) is 12.1 Å². The van der Waals surface area contributed by atoms with Gasteiger partial charge < -0.3 is 10.6 Å². The van der Waals surface area contributed by atoms with E-state index >= 15 is 0 Å². The van der Waals surface area contributed by atoms with Gasteiger partial charge in [-0.3, -0.25) is 0 Å². The van der Waals surface area contributed by atoms with Gasteiger partial charge in [-0.1, -0.05) is 31.4 Å². The highest BCUT2D eigenvalue weighted by Crippen LogP contribution is 2.24. The van der Waals surface area contributed by atoms with Gasteiger partial charge in [0.1, 0.15) is 5.82 Å². The van der Waals surface area contributed by atoms with Crippen LogP contribution in [-0.4, -0.2) is 12.8 Å². The van der Waals surface area contributed by atoms with Crippen LogP contribution in [0.25, 0.3) is 0 Å². The largest absolute Gasteiger partial charge is 0.376 e. The van der Waals surface area contributed by atoms with Crippen molar-refractivity contribution in [2.24, 2.45) is 16.9 Å². The van der Waals surface area contributed by atoms with E-state index in [2.05, 4.69) is 5.10 Å². The predicted molar refractivity (Wildman–Crippen MR) is 74.4 cm³/mol. The fourth-order valence-corrected chi connectivity index (χ4v) is 2.54. The first-order valence-corrected chi connectivity index (χ1v) is 6.89. The Morgan fingerprint density at radius 2 is 2.11 bits per heavy atom. The first-order valence-electron chi connectivity index (χ1n) is 6.89. The van der Waals surface area contributed by atoms with Crippen LogP contribution in [0.2, 0.25) is 0 Å². The van der Waals surface area contributed by atoms with Gasteiger partial charge in [0, 0.05) is 12.2 Å². The average molecular weight is 264 g/mol. The lowest BCUT2D eigenvalue weighted by Gasteiger charge is -2.21. The van der Waals surface area contributed by atoms with E-state index in [0.29, 0.717) is 23.7 Å². The summed E-state index contributed by atoms with van der Waals surface area (Å²) in [7, 11) is 0. The predicted octanol–water partition coefficient (Wildman–Crippen LogP) is 3.22. The van der Waals surface area contributed by atoms with Crippen LogP contribution >= 0.6 is 0 Å². The van der Waals surface area contributed by atoms with E-state index in [4.69, 9.17) is 10.6 Å². The second-order valence-electron chi connectivity index (χ2n) is 5.15. The molecular formula is C15H21FN2O. The van der Waals surface area contributed by atoms with Gasteiger partial charge in [-0.15, -0.1) is 0 Å². The first-order chi connectivity index (χ1) is 9.29. The molecule has 1 saturated carbocycles. The Morgan fingerprint density at radius 1 is 1.32 bits per heavy atom. The minimum absolute atomic E-state index is 0.263. The Kier molecular flexibility index (Phi) is 5.33. The molecule has 0 aliphatic heterocycles. The van der Waals surface area contributed by atoms with E-state index in [0.717, 1.165) is 6.61 Å². The van der Waals surface area contributed by atoms with E-state index in [1.165, 1.54) is 44.4 Å². The molecule has 0 spiro atoms. The number of hydrazone groups is 1. The number of rotatable bonds is 5. The molecule has 0 atom stereocenters. The third-order valence-corrected chi connectivity index (χ3v) is 3.64. The number of benzene rings is 1. The van der Waals surface area contributed by atoms with Gasteiger partial charge in [0.15, 0.2) is 0 Å². The second kappa shape index (κ2) is 7.24. The van der Waals surface area contributed by atoms with Crippen molar-refractivity contribution in [2.45, 2.75) is 38.7 Å². The number of nitrogens with two attached hydrogens (primary N) is 1. The van der Waals surface area contributed by atoms with Gasteiger partial charge in [-0.2, -0.15) is 5.10 Å². The molecule has 1 aliphatic rings. The Hall–Kier alpha value is -1.42. The maximum Gasteiger partial charge on any atom is 0.129 e. The van der Waals surface area contributed by atoms with E-state index in [9.17, 15) is 4.39 Å². The zero-order valence-corrected chi connectivity index (χ0v) is 11.1. The third-order valence-electron chi connectivity index (χ3n) is 3.64. The van der Waals surface area contributed by atoms with Gasteiger partial charge in [0.05, 0.1) is 12.8 Å². The van der Waals surface area contributed by atoms with Gasteiger partial charge in [0.2, 0.25) is 0 Å². The number of halogens is 1. The molecule has 2 rings (SSSR count). The molecule has 2 N–H and O–H groups in total. The summed E-state index contributed by atoms with van der Waals surface area (Å²) in [6.07, 6.45) is 7.86. The molecular weight excluding hydrogens is 243 g/mol. The van der Waals surface area contributed by atoms with Gasteiger partial charge in [-0.25, -0.2) is 4.39 Å². The van der Waals surface area contributed by atoms with Crippen molar-refractivity contribution < 1.29 is 9.13 Å². The van der Waals surface area contributed by atoms with Crippen LogP contribution in [0.5, 0.6) is 0 Å². The molecule has 0 aromatic heterocycles. The summed E-state index contributed by atoms with van der Waals surface area (Å²) in [4.78, 5) is 0. The topological polar surface area (TPSA) is 47.6 Å². The lowest BCUT2D eigenvalue weighted by Crippen LogP contribution is -2.13. The van der Waals surface area contributed by atoms with Crippen LogP contribution in [0.4, 0.5) is 4.39 Å². The molecule has 3 nitrogen and oxygen atoms in total. The van der Waals surface area contributed by atoms with E-state index in [-0.39, 0.29) is 5.82 Å². The fraction of sp³-hybridized carbons (Fsp3) is 0.533. The minimum Gasteiger partial charge on any atom is -0.376 e. The molecule has 104 valence electrons. The van der Waals surface area contributed by atoms with Crippen LogP contribution in [0.15, 0.2) is 23.3 Å². The minimum atomic E-state index is -0.263. The van der Waals surface area contributed by atoms with Gasteiger partial charge in [0.25, 0.3) is 0 Å². The van der Waals surface area contributed by atoms with Crippen LogP contribution in [0, 0.1) is 11.7 Å². The summed E-state index contributed by atoms with van der Waals surface area (Å²) >= 11 is 0. The number of ether oxygens (including phenoxy) is 1. The van der Waals surface area contributed by atoms with Crippen LogP contribution in [-0.2, 0) is 11.3 Å². The highest BCUT2D eigenvalue weighted by Gasteiger charge is 2.13. The molecule has 1 aromatic rings. The normalized spacial score (nSPS) is 17.1.